The molecule has 0 aromatic heterocycles. The van der Waals surface area contributed by atoms with E-state index in [4.69, 9.17) is 4.74 Å². The number of hydrogen-bond acceptors (Lipinski definition) is 3. The molecule has 0 bridgehead atoms. The van der Waals surface area contributed by atoms with Crippen LogP contribution in [-0.4, -0.2) is 25.0 Å². The van der Waals surface area contributed by atoms with Gasteiger partial charge in [0, 0.05) is 12.3 Å². The van der Waals surface area contributed by atoms with Crippen molar-refractivity contribution in [3.05, 3.63) is 35.9 Å². The Kier molecular flexibility index (Phi) is 6.64. The standard InChI is InChI=1S/C15H21NO3/c1-12(2)15(18)16-10-11-19-14(17)9-8-13-6-4-3-5-7-13/h3-7,12H,8-11H2,1-2H3,(H,16,18). The Morgan fingerprint density at radius 2 is 1.89 bits per heavy atom. The molecule has 1 aromatic rings. The van der Waals surface area contributed by atoms with Crippen LogP contribution in [0.4, 0.5) is 0 Å². The fraction of sp³-hybridized carbons (Fsp3) is 0.467. The fourth-order valence-electron chi connectivity index (χ4n) is 1.51. The van der Waals surface area contributed by atoms with Crippen molar-refractivity contribution in [1.29, 1.82) is 0 Å². The van der Waals surface area contributed by atoms with Crippen molar-refractivity contribution < 1.29 is 14.3 Å². The summed E-state index contributed by atoms with van der Waals surface area (Å²) in [6, 6.07) is 9.80. The van der Waals surface area contributed by atoms with Crippen molar-refractivity contribution >= 4 is 11.9 Å². The number of benzene rings is 1. The predicted octanol–water partition coefficient (Wildman–Crippen LogP) is 1.93. The van der Waals surface area contributed by atoms with Gasteiger partial charge >= 0.3 is 5.97 Å². The highest BCUT2D eigenvalue weighted by Gasteiger charge is 2.06. The maximum Gasteiger partial charge on any atom is 0.306 e. The van der Waals surface area contributed by atoms with Crippen LogP contribution in [0.25, 0.3) is 0 Å². The van der Waals surface area contributed by atoms with Gasteiger partial charge in [-0.15, -0.1) is 0 Å². The Bertz CT molecular complexity index is 401. The zero-order chi connectivity index (χ0) is 14.1. The van der Waals surface area contributed by atoms with E-state index in [0.29, 0.717) is 19.4 Å². The summed E-state index contributed by atoms with van der Waals surface area (Å²) in [7, 11) is 0. The Morgan fingerprint density at radius 3 is 2.53 bits per heavy atom. The van der Waals surface area contributed by atoms with E-state index in [1.54, 1.807) is 0 Å². The van der Waals surface area contributed by atoms with Gasteiger partial charge in [-0.2, -0.15) is 0 Å². The lowest BCUT2D eigenvalue weighted by Crippen LogP contribution is -2.31. The van der Waals surface area contributed by atoms with Crippen LogP contribution in [0.1, 0.15) is 25.8 Å². The largest absolute Gasteiger partial charge is 0.464 e. The highest BCUT2D eigenvalue weighted by atomic mass is 16.5. The zero-order valence-electron chi connectivity index (χ0n) is 11.5. The average molecular weight is 263 g/mol. The molecule has 0 saturated heterocycles. The highest BCUT2D eigenvalue weighted by Crippen LogP contribution is 2.03. The second kappa shape index (κ2) is 8.29. The molecule has 4 heteroatoms. The molecule has 4 nitrogen and oxygen atoms in total. The summed E-state index contributed by atoms with van der Waals surface area (Å²) < 4.78 is 5.04. The predicted molar refractivity (Wildman–Crippen MR) is 73.6 cm³/mol. The first-order valence-electron chi connectivity index (χ1n) is 6.57. The smallest absolute Gasteiger partial charge is 0.306 e. The number of esters is 1. The van der Waals surface area contributed by atoms with Gasteiger partial charge in [0.15, 0.2) is 0 Å². The number of aryl methyl sites for hydroxylation is 1. The van der Waals surface area contributed by atoms with Crippen LogP contribution in [0.2, 0.25) is 0 Å². The molecule has 0 aliphatic heterocycles. The summed E-state index contributed by atoms with van der Waals surface area (Å²) in [5.41, 5.74) is 1.12. The Hall–Kier alpha value is -1.84. The molecule has 0 atom stereocenters. The molecule has 0 heterocycles. The highest BCUT2D eigenvalue weighted by molar-refractivity contribution is 5.77. The number of rotatable bonds is 7. The van der Waals surface area contributed by atoms with E-state index < -0.39 is 0 Å². The minimum Gasteiger partial charge on any atom is -0.464 e. The molecule has 1 N–H and O–H groups in total. The van der Waals surface area contributed by atoms with Gasteiger partial charge in [0.2, 0.25) is 5.91 Å². The molecule has 19 heavy (non-hydrogen) atoms. The summed E-state index contributed by atoms with van der Waals surface area (Å²) in [6.07, 6.45) is 1.04. The van der Waals surface area contributed by atoms with Gasteiger partial charge in [-0.1, -0.05) is 44.2 Å². The molecule has 1 amide bonds. The van der Waals surface area contributed by atoms with Crippen LogP contribution in [0, 0.1) is 5.92 Å². The zero-order valence-corrected chi connectivity index (χ0v) is 11.5. The maximum atomic E-state index is 11.5. The lowest BCUT2D eigenvalue weighted by atomic mass is 10.1. The number of nitrogens with one attached hydrogen (secondary N) is 1. The second-order valence-corrected chi connectivity index (χ2v) is 4.65. The molecular weight excluding hydrogens is 242 g/mol. The van der Waals surface area contributed by atoms with E-state index in [1.807, 2.05) is 44.2 Å². The Labute approximate surface area is 114 Å². The molecule has 104 valence electrons. The molecule has 0 fully saturated rings. The second-order valence-electron chi connectivity index (χ2n) is 4.65. The molecule has 0 spiro atoms. The molecule has 1 rings (SSSR count). The minimum atomic E-state index is -0.234. The normalized spacial score (nSPS) is 10.3. The van der Waals surface area contributed by atoms with E-state index in [9.17, 15) is 9.59 Å². The van der Waals surface area contributed by atoms with Gasteiger partial charge in [0.1, 0.15) is 6.61 Å². The summed E-state index contributed by atoms with van der Waals surface area (Å²) in [5.74, 6) is -0.309. The van der Waals surface area contributed by atoms with E-state index in [-0.39, 0.29) is 24.4 Å². The third kappa shape index (κ3) is 6.60. The third-order valence-corrected chi connectivity index (χ3v) is 2.65. The van der Waals surface area contributed by atoms with Crippen LogP contribution in [0.3, 0.4) is 0 Å². The first kappa shape index (κ1) is 15.2. The third-order valence-electron chi connectivity index (χ3n) is 2.65. The summed E-state index contributed by atoms with van der Waals surface area (Å²) in [6.45, 7) is 4.24. The van der Waals surface area contributed by atoms with Gasteiger partial charge in [-0.05, 0) is 12.0 Å². The monoisotopic (exact) mass is 263 g/mol. The molecule has 0 saturated carbocycles. The van der Waals surface area contributed by atoms with Crippen molar-refractivity contribution in [3.63, 3.8) is 0 Å². The van der Waals surface area contributed by atoms with Crippen molar-refractivity contribution in [2.75, 3.05) is 13.2 Å². The maximum absolute atomic E-state index is 11.5. The molecule has 0 aliphatic rings. The Balaban J connectivity index is 2.10. The molecular formula is C15H21NO3. The van der Waals surface area contributed by atoms with E-state index in [0.717, 1.165) is 5.56 Å². The molecule has 0 unspecified atom stereocenters. The van der Waals surface area contributed by atoms with Crippen molar-refractivity contribution in [3.8, 4) is 0 Å². The van der Waals surface area contributed by atoms with Crippen molar-refractivity contribution in [2.24, 2.45) is 5.92 Å². The average Bonchev–Trinajstić information content (AvgIpc) is 2.42. The first-order chi connectivity index (χ1) is 9.09. The summed E-state index contributed by atoms with van der Waals surface area (Å²) in [4.78, 5) is 22.7. The minimum absolute atomic E-state index is 0.0275. The molecule has 0 aliphatic carbocycles. The molecule has 1 aromatic carbocycles. The first-order valence-corrected chi connectivity index (χ1v) is 6.57. The molecule has 0 radical (unpaired) electrons. The van der Waals surface area contributed by atoms with Crippen molar-refractivity contribution in [2.45, 2.75) is 26.7 Å². The van der Waals surface area contributed by atoms with Crippen LogP contribution in [0.5, 0.6) is 0 Å². The van der Waals surface area contributed by atoms with Gasteiger partial charge in [0.25, 0.3) is 0 Å². The van der Waals surface area contributed by atoms with Gasteiger partial charge < -0.3 is 10.1 Å². The van der Waals surface area contributed by atoms with Crippen molar-refractivity contribution in [1.82, 2.24) is 5.32 Å². The summed E-state index contributed by atoms with van der Waals surface area (Å²) >= 11 is 0. The quantitative estimate of drug-likeness (QED) is 0.604. The Morgan fingerprint density at radius 1 is 1.21 bits per heavy atom. The fourth-order valence-corrected chi connectivity index (χ4v) is 1.51. The van der Waals surface area contributed by atoms with Crippen LogP contribution in [0.15, 0.2) is 30.3 Å². The van der Waals surface area contributed by atoms with E-state index in [1.165, 1.54) is 0 Å². The lowest BCUT2D eigenvalue weighted by Gasteiger charge is -2.08. The van der Waals surface area contributed by atoms with Gasteiger partial charge in [-0.25, -0.2) is 0 Å². The number of carbonyl (C=O) groups is 2. The number of carbonyl (C=O) groups excluding carboxylic acids is 2. The van der Waals surface area contributed by atoms with Crippen LogP contribution < -0.4 is 5.32 Å². The number of hydrogen-bond donors (Lipinski definition) is 1. The number of amides is 1. The van der Waals surface area contributed by atoms with Gasteiger partial charge in [0.05, 0.1) is 6.54 Å². The summed E-state index contributed by atoms with van der Waals surface area (Å²) in [5, 5.41) is 2.70. The van der Waals surface area contributed by atoms with E-state index >= 15 is 0 Å². The SMILES string of the molecule is CC(C)C(=O)NCCOC(=O)CCc1ccccc1. The van der Waals surface area contributed by atoms with E-state index in [2.05, 4.69) is 5.32 Å². The topological polar surface area (TPSA) is 55.4 Å². The number of ether oxygens (including phenoxy) is 1. The van der Waals surface area contributed by atoms with Crippen LogP contribution >= 0.6 is 0 Å². The van der Waals surface area contributed by atoms with Crippen LogP contribution in [-0.2, 0) is 20.7 Å². The lowest BCUT2D eigenvalue weighted by molar-refractivity contribution is -0.144. The van der Waals surface area contributed by atoms with Gasteiger partial charge in [-0.3, -0.25) is 9.59 Å².